The number of fused-ring (bicyclic) bond motifs is 14. The maximum atomic E-state index is 14.9. The zero-order valence-corrected chi connectivity index (χ0v) is 88.8. The molecule has 3 aromatic carbocycles. The van der Waals surface area contributed by atoms with Crippen molar-refractivity contribution in [3.63, 3.8) is 0 Å². The number of anilines is 1. The minimum Gasteiger partial charge on any atom is -0.507 e. The number of phenols is 4. The first-order valence-corrected chi connectivity index (χ1v) is 50.8. The van der Waals surface area contributed by atoms with E-state index in [1.165, 1.54) is 92.5 Å². The predicted molar refractivity (Wildman–Crippen MR) is 541 cm³/mol. The molecule has 3 fully saturated rings. The Bertz CT molecular complexity index is 5510. The van der Waals surface area contributed by atoms with E-state index >= 15 is 0 Å². The lowest BCUT2D eigenvalue weighted by atomic mass is 9.78. The van der Waals surface area contributed by atoms with Crippen LogP contribution in [0.1, 0.15) is 219 Å². The summed E-state index contributed by atoms with van der Waals surface area (Å²) in [6.07, 6.45) is 4.13. The predicted octanol–water partition coefficient (Wildman–Crippen LogP) is 12.4. The van der Waals surface area contributed by atoms with Crippen LogP contribution in [-0.4, -0.2) is 305 Å². The summed E-state index contributed by atoms with van der Waals surface area (Å²) in [6, 6.07) is 0. The second kappa shape index (κ2) is 53.0. The number of aliphatic hydroxyl groups is 7. The van der Waals surface area contributed by atoms with Gasteiger partial charge in [0.15, 0.2) is 42.0 Å². The number of hydrogen-bond acceptors (Lipinski definition) is 36. The lowest BCUT2D eigenvalue weighted by Gasteiger charge is -2.47. The van der Waals surface area contributed by atoms with E-state index in [0.717, 1.165) is 31.4 Å². The molecule has 1 aromatic heterocycles. The van der Waals surface area contributed by atoms with Gasteiger partial charge in [-0.15, -0.1) is 5.10 Å². The smallest absolute Gasteiger partial charge is 0.342 e. The minimum atomic E-state index is -2.13. The van der Waals surface area contributed by atoms with Crippen LogP contribution in [0.3, 0.4) is 0 Å². The Kier molecular flexibility index (Phi) is 42.8. The summed E-state index contributed by atoms with van der Waals surface area (Å²) < 4.78 is 86.2. The van der Waals surface area contributed by atoms with Crippen molar-refractivity contribution in [2.24, 2.45) is 40.6 Å². The monoisotopic (exact) mass is 2090 g/mol. The van der Waals surface area contributed by atoms with Crippen LogP contribution in [0.15, 0.2) is 106 Å². The zero-order valence-electron chi connectivity index (χ0n) is 87.2. The molecule has 146 heavy (non-hydrogen) atoms. The number of cyclic esters (lactones) is 1. The van der Waals surface area contributed by atoms with E-state index < -0.39 is 216 Å². The normalized spacial score (nSPS) is 31.5. The minimum absolute atomic E-state index is 0.00229. The van der Waals surface area contributed by atoms with Crippen molar-refractivity contribution in [3.05, 3.63) is 145 Å². The molecule has 12 N–H and O–H groups in total. The second-order valence-corrected chi connectivity index (χ2v) is 40.4. The molecular weight excluding hydrogens is 1940 g/mol. The number of piperazine rings is 1. The van der Waals surface area contributed by atoms with Gasteiger partial charge in [-0.25, -0.2) is 14.3 Å². The number of aliphatic hydroxyl groups excluding tert-OH is 7. The number of allylic oxidation sites excluding steroid dienone is 6. The molecule has 8 heterocycles. The highest BCUT2D eigenvalue weighted by atomic mass is 35.5. The molecular formula is C106H149Cl2N7O31. The van der Waals surface area contributed by atoms with E-state index in [0.29, 0.717) is 82.0 Å². The first-order chi connectivity index (χ1) is 69.0. The highest BCUT2D eigenvalue weighted by Gasteiger charge is 2.55. The molecule has 0 radical (unpaired) electrons. The summed E-state index contributed by atoms with van der Waals surface area (Å²) in [5.41, 5.74) is 0.407. The van der Waals surface area contributed by atoms with E-state index in [-0.39, 0.29) is 103 Å². The van der Waals surface area contributed by atoms with Gasteiger partial charge in [0.25, 0.3) is 11.7 Å². The number of nitrogens with one attached hydrogen (secondary N) is 1. The molecule has 38 nitrogen and oxygen atoms in total. The van der Waals surface area contributed by atoms with Gasteiger partial charge in [0.2, 0.25) is 0 Å². The fourth-order valence-electron chi connectivity index (χ4n) is 18.8. The summed E-state index contributed by atoms with van der Waals surface area (Å²) in [4.78, 5) is 85.0. The fourth-order valence-corrected chi connectivity index (χ4v) is 19.4. The summed E-state index contributed by atoms with van der Waals surface area (Å²) >= 11 is 13.7. The van der Waals surface area contributed by atoms with Crippen molar-refractivity contribution in [1.29, 1.82) is 0 Å². The van der Waals surface area contributed by atoms with Gasteiger partial charge in [0, 0.05) is 126 Å². The number of hydrazone groups is 1. The number of nitrogens with zero attached hydrogens (tertiary/aromatic N) is 6. The number of ether oxygens (including phenoxy) is 14. The van der Waals surface area contributed by atoms with Crippen LogP contribution in [-0.2, 0) is 95.5 Å². The number of ketones is 1. The highest BCUT2D eigenvalue weighted by Crippen LogP contribution is 2.56. The average Bonchev–Trinajstić information content (AvgIpc) is 1.54. The lowest BCUT2D eigenvalue weighted by molar-refractivity contribution is -0.333. The Labute approximate surface area is 862 Å². The summed E-state index contributed by atoms with van der Waals surface area (Å²) in [5.74, 6) is -13.3. The van der Waals surface area contributed by atoms with Gasteiger partial charge in [-0.1, -0.05) is 157 Å². The van der Waals surface area contributed by atoms with Crippen LogP contribution in [0.5, 0.6) is 34.5 Å². The van der Waals surface area contributed by atoms with Gasteiger partial charge >= 0.3 is 29.7 Å². The maximum absolute atomic E-state index is 14.9. The largest absolute Gasteiger partial charge is 0.507 e. The molecule has 11 rings (SSSR count). The van der Waals surface area contributed by atoms with Crippen molar-refractivity contribution < 1.29 is 151 Å². The average molecular weight is 2090 g/mol. The summed E-state index contributed by atoms with van der Waals surface area (Å²) in [7, 11) is 2.69. The van der Waals surface area contributed by atoms with E-state index in [4.69, 9.17) is 94.6 Å². The van der Waals surface area contributed by atoms with Crippen LogP contribution in [0.2, 0.25) is 10.0 Å². The molecule has 1 amide bonds. The SMILES string of the molecule is CCc1c(Cl)c(OCCCCCCCOCCn2cc(CN3CCN(/N=C/c4c5c(O)c6c(O)c(C)c7c(c6c4O)C(=O)[C@@](C)(O/C=C/[C@H](OC)[C@@H](C)[C@@H](OC(C)=O)[C@H](C)[C@H](O)[C@H](C)[C@@H](O)[C@@H](C)/C=C/C=C(/C)C(=O)N5)O7)CC3)nn2)c(Cl)c(O)c1C(=O)OC1C(C)OC(OC/C2=C\C=C\C[C@H](O)/C(C)=C/[C@H](CC)[C@H](OC3OC(C)(C)C(OC(=O)C(C)C)C(O)C3O)/C(C)=C/C(C)=C/C[C@@H]([C@@H](C)O)OC2=O)C(OC)C1O. The third-order valence-electron chi connectivity index (χ3n) is 27.8. The number of hydrogen-bond donors (Lipinski definition) is 12. The number of benzene rings is 3. The summed E-state index contributed by atoms with van der Waals surface area (Å²) in [5, 5.41) is 146. The van der Waals surface area contributed by atoms with E-state index in [1.54, 1.807) is 103 Å². The van der Waals surface area contributed by atoms with Crippen LogP contribution in [0.25, 0.3) is 10.8 Å². The molecule has 7 aliphatic rings. The summed E-state index contributed by atoms with van der Waals surface area (Å²) in [6.45, 7) is 34.2. The highest BCUT2D eigenvalue weighted by molar-refractivity contribution is 6.39. The number of esters is 4. The number of phenolic OH excluding ortho intramolecular Hbond substituents is 4. The van der Waals surface area contributed by atoms with Gasteiger partial charge in [0.1, 0.15) is 70.1 Å². The van der Waals surface area contributed by atoms with E-state index in [2.05, 4.69) is 20.5 Å². The fraction of sp³-hybridized carbons (Fsp3) is 0.613. The quantitative estimate of drug-likeness (QED) is 0.00423. The van der Waals surface area contributed by atoms with Gasteiger partial charge in [0.05, 0.1) is 126 Å². The number of amides is 1. The Morgan fingerprint density at radius 2 is 1.42 bits per heavy atom. The molecule has 808 valence electrons. The van der Waals surface area contributed by atoms with Crippen molar-refractivity contribution in [2.75, 3.05) is 72.1 Å². The van der Waals surface area contributed by atoms with Crippen LogP contribution in [0.4, 0.5) is 5.69 Å². The van der Waals surface area contributed by atoms with Gasteiger partial charge in [-0.3, -0.25) is 29.1 Å². The molecule has 9 unspecified atom stereocenters. The van der Waals surface area contributed by atoms with E-state index in [9.17, 15) is 84.9 Å². The van der Waals surface area contributed by atoms with Crippen molar-refractivity contribution >= 4 is 81.4 Å². The number of aromatic nitrogens is 3. The van der Waals surface area contributed by atoms with E-state index in [1.807, 2.05) is 39.1 Å². The zero-order chi connectivity index (χ0) is 108. The molecule has 0 aliphatic carbocycles. The second-order valence-electron chi connectivity index (χ2n) is 39.6. The standard InChI is InChI=1S/C106H149Cl2N7O31/c1-22-67-49-58(8)72(118)35-28-27-34-68(101(131)141-74(64(14)116)37-36-55(5)48-59(9)91(67)143-103-89(126)88(125)98(105(17,18)146-103)144-100(130)54(3)4)53-137-104-96(134-21)90(127)94(65(15)139-104)142-102(132)75-70(23-2)79(107)95(80(108)86(75)123)136-45-30-26-24-25-29-44-135-47-43-115-52-69(111-112-115)51-113-39-41-114(42-40-113)109-50-71-81-87(124)77-76(85(71)122)78-93(63(13)84(77)121)145-106(19,97(78)128)138-46-38-73(133-20)60(10)92(140-66(16)117)62(12)83(120)61(11)82(119)56(6)32-31-33-57(7)99(129)110-81/h27-28,31-34,36,38,46,48-50,52,54,56,60-62,64-65,67,72-74,82-83,88-92,94,96,98,103-104,116,118-127H,22-26,29-30,35,37,39-45,47,51,53H2,1-21H3,(H,110,129)/b28-27+,32-31+,46-38+,55-36+,57-33-,58-49+,59-48+,68-34+,109-50+/t56-,60+,61+,62+,64+,65?,67-,72-,73-,74-,82-,83+,88?,89?,90?,91+,92+,94?,96?,98?,103?,104?,106-/m0/s1. The number of halogens is 2. The van der Waals surface area contributed by atoms with Crippen LogP contribution < -0.4 is 14.8 Å². The Morgan fingerprint density at radius 1 is 0.733 bits per heavy atom. The van der Waals surface area contributed by atoms with Crippen molar-refractivity contribution in [2.45, 2.75) is 318 Å². The van der Waals surface area contributed by atoms with Crippen molar-refractivity contribution in [3.8, 4) is 34.5 Å². The third-order valence-corrected chi connectivity index (χ3v) is 28.6. The molecule has 3 saturated heterocycles. The van der Waals surface area contributed by atoms with Crippen LogP contribution >= 0.6 is 23.2 Å². The van der Waals surface area contributed by atoms with Crippen molar-refractivity contribution in [1.82, 2.24) is 24.9 Å². The van der Waals surface area contributed by atoms with Crippen LogP contribution in [0, 0.1) is 42.4 Å². The lowest BCUT2D eigenvalue weighted by Crippen LogP contribution is -2.64. The third kappa shape index (κ3) is 28.6. The molecule has 23 atom stereocenters. The molecule has 7 aliphatic heterocycles. The first kappa shape index (κ1) is 118. The van der Waals surface area contributed by atoms with Gasteiger partial charge in [-0.05, 0) is 123 Å². The Morgan fingerprint density at radius 3 is 2.08 bits per heavy atom. The number of Topliss-reactive ketones (excluding diaryl/α,β-unsaturated/α-hetero) is 1. The maximum Gasteiger partial charge on any atom is 0.342 e. The number of unbranched alkanes of at least 4 members (excludes halogenated alkanes) is 4. The Hall–Kier alpha value is -9.95. The molecule has 40 heteroatoms. The first-order valence-electron chi connectivity index (χ1n) is 50.0. The number of rotatable bonds is 31. The molecule has 0 saturated carbocycles. The topological polar surface area (TPSA) is 516 Å². The molecule has 0 spiro atoms. The number of carbonyl (C=O) groups is 6. The van der Waals surface area contributed by atoms with Gasteiger partial charge in [-0.2, -0.15) is 5.10 Å². The number of aromatic hydroxyl groups is 4. The number of carbonyl (C=O) groups excluding carboxylic acids is 6. The Balaban J connectivity index is 0.688. The molecule has 4 aromatic rings. The van der Waals surface area contributed by atoms with Gasteiger partial charge < -0.3 is 128 Å². The number of methoxy groups -OCH3 is 2. The molecule has 5 bridgehead atoms.